The maximum atomic E-state index is 11.7. The predicted molar refractivity (Wildman–Crippen MR) is 74.1 cm³/mol. The lowest BCUT2D eigenvalue weighted by Crippen LogP contribution is -2.43. The monoisotopic (exact) mass is 261 g/mol. The third-order valence-electron chi connectivity index (χ3n) is 2.47. The van der Waals surface area contributed by atoms with Gasteiger partial charge in [0.05, 0.1) is 6.54 Å². The van der Waals surface area contributed by atoms with Crippen molar-refractivity contribution in [3.05, 3.63) is 23.9 Å². The molecule has 0 spiro atoms. The smallest absolute Gasteiger partial charge is 0.243 e. The Morgan fingerprint density at radius 3 is 2.74 bits per heavy atom. The van der Waals surface area contributed by atoms with E-state index >= 15 is 0 Å². The first-order chi connectivity index (χ1) is 8.85. The summed E-state index contributed by atoms with van der Waals surface area (Å²) >= 11 is 0. The molecule has 2 aromatic rings. The Kier molecular flexibility index (Phi) is 3.42. The molecule has 0 saturated carbocycles. The minimum absolute atomic E-state index is 0.0805. The number of amides is 1. The molecule has 0 saturated heterocycles. The van der Waals surface area contributed by atoms with Crippen molar-refractivity contribution in [1.29, 1.82) is 0 Å². The molecule has 0 aromatic carbocycles. The quantitative estimate of drug-likeness (QED) is 0.875. The Bertz CT molecular complexity index is 597. The summed E-state index contributed by atoms with van der Waals surface area (Å²) in [4.78, 5) is 16.0. The molecule has 1 amide bonds. The van der Waals surface area contributed by atoms with Gasteiger partial charge in [0.15, 0.2) is 5.65 Å². The van der Waals surface area contributed by atoms with Gasteiger partial charge in [-0.3, -0.25) is 4.79 Å². The summed E-state index contributed by atoms with van der Waals surface area (Å²) in [6.07, 6.45) is 0. The normalized spacial score (nSPS) is 11.6. The number of rotatable bonds is 3. The summed E-state index contributed by atoms with van der Waals surface area (Å²) in [5.74, 6) is 0.376. The van der Waals surface area contributed by atoms with Crippen LogP contribution in [0.2, 0.25) is 0 Å². The lowest BCUT2D eigenvalue weighted by molar-refractivity contribution is -0.120. The van der Waals surface area contributed by atoms with E-state index in [0.29, 0.717) is 5.95 Å². The fraction of sp³-hybridized carbons (Fsp3) is 0.462. The van der Waals surface area contributed by atoms with Crippen LogP contribution in [0.15, 0.2) is 18.2 Å². The van der Waals surface area contributed by atoms with Crippen LogP contribution < -0.4 is 10.6 Å². The van der Waals surface area contributed by atoms with Crippen LogP contribution in [0.1, 0.15) is 26.5 Å². The van der Waals surface area contributed by atoms with Gasteiger partial charge in [0.25, 0.3) is 0 Å². The molecule has 0 radical (unpaired) electrons. The van der Waals surface area contributed by atoms with Gasteiger partial charge in [-0.05, 0) is 39.8 Å². The summed E-state index contributed by atoms with van der Waals surface area (Å²) in [6, 6.07) is 5.76. The van der Waals surface area contributed by atoms with Gasteiger partial charge in [-0.2, -0.15) is 4.98 Å². The number of pyridine rings is 1. The molecule has 6 nitrogen and oxygen atoms in total. The van der Waals surface area contributed by atoms with Crippen LogP contribution in [-0.2, 0) is 4.79 Å². The minimum Gasteiger partial charge on any atom is -0.350 e. The molecule has 2 heterocycles. The highest BCUT2D eigenvalue weighted by Crippen LogP contribution is 2.07. The van der Waals surface area contributed by atoms with Crippen molar-refractivity contribution in [3.63, 3.8) is 0 Å². The Morgan fingerprint density at radius 2 is 2.11 bits per heavy atom. The molecule has 2 aromatic heterocycles. The van der Waals surface area contributed by atoms with Crippen molar-refractivity contribution >= 4 is 17.5 Å². The summed E-state index contributed by atoms with van der Waals surface area (Å²) < 4.78 is 1.74. The third kappa shape index (κ3) is 3.43. The lowest BCUT2D eigenvalue weighted by atomic mass is 10.1. The summed E-state index contributed by atoms with van der Waals surface area (Å²) in [5.41, 5.74) is 1.53. The number of nitrogens with one attached hydrogen (secondary N) is 2. The number of carbonyl (C=O) groups is 1. The molecule has 6 heteroatoms. The number of aromatic nitrogens is 3. The number of fused-ring (bicyclic) bond motifs is 1. The second-order valence-corrected chi connectivity index (χ2v) is 5.52. The number of aryl methyl sites for hydroxylation is 1. The van der Waals surface area contributed by atoms with E-state index in [0.717, 1.165) is 11.3 Å². The molecule has 2 N–H and O–H groups in total. The lowest BCUT2D eigenvalue weighted by Gasteiger charge is -2.20. The Labute approximate surface area is 112 Å². The van der Waals surface area contributed by atoms with Crippen LogP contribution in [0.3, 0.4) is 0 Å². The number of hydrogen-bond donors (Lipinski definition) is 2. The standard InChI is InChI=1S/C13H19N5O/c1-9-6-5-7-10-15-12(17-18(9)10)14-8-11(19)16-13(2,3)4/h5-7H,8H2,1-4H3,(H,14,17)(H,16,19). The zero-order valence-electron chi connectivity index (χ0n) is 11.7. The molecule has 0 aliphatic carbocycles. The Morgan fingerprint density at radius 1 is 1.37 bits per heavy atom. The van der Waals surface area contributed by atoms with Gasteiger partial charge in [0.2, 0.25) is 11.9 Å². The second kappa shape index (κ2) is 4.87. The van der Waals surface area contributed by atoms with Crippen molar-refractivity contribution in [3.8, 4) is 0 Å². The largest absolute Gasteiger partial charge is 0.350 e. The number of hydrogen-bond acceptors (Lipinski definition) is 4. The Hall–Kier alpha value is -2.11. The number of nitrogens with zero attached hydrogens (tertiary/aromatic N) is 3. The maximum absolute atomic E-state index is 11.7. The van der Waals surface area contributed by atoms with E-state index in [1.165, 1.54) is 0 Å². The van der Waals surface area contributed by atoms with Crippen molar-refractivity contribution in [1.82, 2.24) is 19.9 Å². The summed E-state index contributed by atoms with van der Waals surface area (Å²) in [7, 11) is 0. The third-order valence-corrected chi connectivity index (χ3v) is 2.47. The van der Waals surface area contributed by atoms with E-state index in [1.807, 2.05) is 45.9 Å². The number of carbonyl (C=O) groups excluding carboxylic acids is 1. The molecule has 0 bridgehead atoms. The van der Waals surface area contributed by atoms with Crippen LogP contribution in [0, 0.1) is 6.92 Å². The van der Waals surface area contributed by atoms with Gasteiger partial charge >= 0.3 is 0 Å². The molecule has 0 atom stereocenters. The van der Waals surface area contributed by atoms with Gasteiger partial charge in [-0.15, -0.1) is 5.10 Å². The van der Waals surface area contributed by atoms with Crippen LogP contribution in [0.5, 0.6) is 0 Å². The topological polar surface area (TPSA) is 71.3 Å². The maximum Gasteiger partial charge on any atom is 0.243 e. The SMILES string of the molecule is Cc1cccc2nc(NCC(=O)NC(C)(C)C)nn12. The molecule has 0 aliphatic heterocycles. The fourth-order valence-electron chi connectivity index (χ4n) is 1.73. The van der Waals surface area contributed by atoms with Gasteiger partial charge in [-0.25, -0.2) is 4.52 Å². The number of anilines is 1. The van der Waals surface area contributed by atoms with Gasteiger partial charge in [0, 0.05) is 11.2 Å². The highest BCUT2D eigenvalue weighted by Gasteiger charge is 2.14. The zero-order valence-corrected chi connectivity index (χ0v) is 11.7. The summed E-state index contributed by atoms with van der Waals surface area (Å²) in [6.45, 7) is 7.94. The van der Waals surface area contributed by atoms with Gasteiger partial charge in [-0.1, -0.05) is 6.07 Å². The van der Waals surface area contributed by atoms with Gasteiger partial charge in [0.1, 0.15) is 0 Å². The first-order valence-corrected chi connectivity index (χ1v) is 6.22. The van der Waals surface area contributed by atoms with Crippen molar-refractivity contribution in [2.45, 2.75) is 33.2 Å². The molecule has 102 valence electrons. The van der Waals surface area contributed by atoms with Crippen LogP contribution in [0.25, 0.3) is 5.65 Å². The van der Waals surface area contributed by atoms with Crippen molar-refractivity contribution in [2.24, 2.45) is 0 Å². The Balaban J connectivity index is 2.02. The van der Waals surface area contributed by atoms with E-state index in [9.17, 15) is 4.79 Å². The first kappa shape index (κ1) is 13.3. The molecule has 0 fully saturated rings. The van der Waals surface area contributed by atoms with E-state index in [2.05, 4.69) is 20.7 Å². The minimum atomic E-state index is -0.234. The fourth-order valence-corrected chi connectivity index (χ4v) is 1.73. The molecular weight excluding hydrogens is 242 g/mol. The van der Waals surface area contributed by atoms with E-state index in [-0.39, 0.29) is 18.0 Å². The second-order valence-electron chi connectivity index (χ2n) is 5.52. The van der Waals surface area contributed by atoms with Crippen LogP contribution in [-0.4, -0.2) is 32.6 Å². The van der Waals surface area contributed by atoms with Crippen LogP contribution >= 0.6 is 0 Å². The zero-order chi connectivity index (χ0) is 14.0. The first-order valence-electron chi connectivity index (χ1n) is 6.22. The van der Waals surface area contributed by atoms with E-state index in [1.54, 1.807) is 4.52 Å². The van der Waals surface area contributed by atoms with Gasteiger partial charge < -0.3 is 10.6 Å². The average Bonchev–Trinajstić information content (AvgIpc) is 2.68. The average molecular weight is 261 g/mol. The van der Waals surface area contributed by atoms with Crippen molar-refractivity contribution in [2.75, 3.05) is 11.9 Å². The van der Waals surface area contributed by atoms with Crippen LogP contribution in [0.4, 0.5) is 5.95 Å². The van der Waals surface area contributed by atoms with E-state index < -0.39 is 0 Å². The molecule has 0 aliphatic rings. The van der Waals surface area contributed by atoms with Crippen molar-refractivity contribution < 1.29 is 4.79 Å². The summed E-state index contributed by atoms with van der Waals surface area (Å²) in [5, 5.41) is 10.1. The predicted octanol–water partition coefficient (Wildman–Crippen LogP) is 1.36. The molecule has 2 rings (SSSR count). The molecule has 19 heavy (non-hydrogen) atoms. The van der Waals surface area contributed by atoms with E-state index in [4.69, 9.17) is 0 Å². The molecule has 0 unspecified atom stereocenters. The molecular formula is C13H19N5O. The highest BCUT2D eigenvalue weighted by atomic mass is 16.2. The highest BCUT2D eigenvalue weighted by molar-refractivity contribution is 5.80.